The van der Waals surface area contributed by atoms with Crippen molar-refractivity contribution in [2.75, 3.05) is 19.6 Å². The average molecular weight is 294 g/mol. The monoisotopic (exact) mass is 294 g/mol. The summed E-state index contributed by atoms with van der Waals surface area (Å²) in [6.07, 6.45) is 5.44. The highest BCUT2D eigenvalue weighted by molar-refractivity contribution is 5.79. The molecule has 1 aliphatic carbocycles. The van der Waals surface area contributed by atoms with E-state index < -0.39 is 5.60 Å². The van der Waals surface area contributed by atoms with Gasteiger partial charge in [-0.25, -0.2) is 0 Å². The van der Waals surface area contributed by atoms with Crippen LogP contribution in [-0.2, 0) is 13.0 Å². The number of aromatic nitrogens is 3. The first-order chi connectivity index (χ1) is 10.2. The van der Waals surface area contributed by atoms with Crippen molar-refractivity contribution >= 4 is 5.96 Å². The summed E-state index contributed by atoms with van der Waals surface area (Å²) in [6, 6.07) is 0. The van der Waals surface area contributed by atoms with Gasteiger partial charge in [-0.1, -0.05) is 6.92 Å². The topological polar surface area (TPSA) is 87.4 Å². The molecule has 0 radical (unpaired) electrons. The van der Waals surface area contributed by atoms with Gasteiger partial charge in [-0.3, -0.25) is 4.99 Å². The highest BCUT2D eigenvalue weighted by Crippen LogP contribution is 2.31. The van der Waals surface area contributed by atoms with Crippen molar-refractivity contribution in [1.82, 2.24) is 25.4 Å². The molecule has 0 spiro atoms. The minimum Gasteiger partial charge on any atom is -0.388 e. The number of aliphatic imine (C=N–C) groups is 1. The number of guanidine groups is 1. The molecular weight excluding hydrogens is 268 g/mol. The normalized spacial score (nSPS) is 17.4. The Hall–Kier alpha value is -1.63. The van der Waals surface area contributed by atoms with Crippen LogP contribution < -0.4 is 10.6 Å². The number of nitrogens with zero attached hydrogens (tertiary/aromatic N) is 4. The van der Waals surface area contributed by atoms with Gasteiger partial charge in [0.1, 0.15) is 12.2 Å². The second-order valence-electron chi connectivity index (χ2n) is 5.49. The third-order valence-corrected chi connectivity index (χ3v) is 3.82. The van der Waals surface area contributed by atoms with E-state index in [1.165, 1.54) is 0 Å². The van der Waals surface area contributed by atoms with Crippen LogP contribution in [-0.4, -0.2) is 51.1 Å². The van der Waals surface area contributed by atoms with Gasteiger partial charge in [0.15, 0.2) is 5.96 Å². The third-order valence-electron chi connectivity index (χ3n) is 3.82. The molecule has 1 saturated carbocycles. The van der Waals surface area contributed by atoms with Crippen LogP contribution in [0.4, 0.5) is 0 Å². The Morgan fingerprint density at radius 1 is 1.43 bits per heavy atom. The van der Waals surface area contributed by atoms with Crippen molar-refractivity contribution in [2.24, 2.45) is 4.99 Å². The molecule has 0 bridgehead atoms. The Balaban J connectivity index is 1.80. The van der Waals surface area contributed by atoms with Crippen LogP contribution in [0, 0.1) is 0 Å². The van der Waals surface area contributed by atoms with Crippen molar-refractivity contribution in [3.8, 4) is 0 Å². The van der Waals surface area contributed by atoms with E-state index in [-0.39, 0.29) is 0 Å². The van der Waals surface area contributed by atoms with Gasteiger partial charge in [0.2, 0.25) is 0 Å². The maximum Gasteiger partial charge on any atom is 0.191 e. The molecule has 0 aromatic carbocycles. The molecule has 7 nitrogen and oxygen atoms in total. The molecule has 7 heteroatoms. The summed E-state index contributed by atoms with van der Waals surface area (Å²) >= 11 is 0. The minimum absolute atomic E-state index is 0.467. The molecule has 0 amide bonds. The van der Waals surface area contributed by atoms with E-state index >= 15 is 0 Å². The summed E-state index contributed by atoms with van der Waals surface area (Å²) in [5, 5.41) is 24.6. The molecule has 1 aromatic rings. The van der Waals surface area contributed by atoms with Crippen molar-refractivity contribution < 1.29 is 5.11 Å². The molecule has 1 aromatic heterocycles. The van der Waals surface area contributed by atoms with E-state index in [0.29, 0.717) is 6.54 Å². The predicted octanol–water partition coefficient (Wildman–Crippen LogP) is 0.311. The molecule has 0 aliphatic heterocycles. The zero-order chi connectivity index (χ0) is 15.1. The second kappa shape index (κ2) is 7.40. The van der Waals surface area contributed by atoms with Crippen LogP contribution in [0.1, 0.15) is 38.9 Å². The molecule has 0 atom stereocenters. The Labute approximate surface area is 125 Å². The van der Waals surface area contributed by atoms with E-state index in [9.17, 15) is 5.11 Å². The minimum atomic E-state index is -0.577. The predicted molar refractivity (Wildman–Crippen MR) is 82.2 cm³/mol. The van der Waals surface area contributed by atoms with Crippen LogP contribution in [0.3, 0.4) is 0 Å². The van der Waals surface area contributed by atoms with Gasteiger partial charge in [-0.15, -0.1) is 10.2 Å². The lowest BCUT2D eigenvalue weighted by Gasteiger charge is -2.35. The zero-order valence-electron chi connectivity index (χ0n) is 13.0. The number of aryl methyl sites for hydroxylation is 1. The van der Waals surface area contributed by atoms with E-state index in [1.807, 2.05) is 11.5 Å². The summed E-state index contributed by atoms with van der Waals surface area (Å²) in [5.41, 5.74) is -0.577. The fraction of sp³-hybridized carbons (Fsp3) is 0.786. The van der Waals surface area contributed by atoms with Crippen LogP contribution in [0.15, 0.2) is 11.3 Å². The van der Waals surface area contributed by atoms with Gasteiger partial charge in [-0.05, 0) is 26.2 Å². The molecule has 2 rings (SSSR count). The van der Waals surface area contributed by atoms with E-state index in [4.69, 9.17) is 0 Å². The van der Waals surface area contributed by atoms with Crippen LogP contribution in [0.2, 0.25) is 0 Å². The average Bonchev–Trinajstić information content (AvgIpc) is 2.90. The summed E-state index contributed by atoms with van der Waals surface area (Å²) in [7, 11) is 0. The SMILES string of the molecule is CCNC(=NCC1(O)CCC1)NCCn1cnnc1CC. The summed E-state index contributed by atoms with van der Waals surface area (Å²) in [4.78, 5) is 4.47. The lowest BCUT2D eigenvalue weighted by Crippen LogP contribution is -2.43. The van der Waals surface area contributed by atoms with Gasteiger partial charge in [0.05, 0.1) is 12.1 Å². The molecule has 1 aliphatic rings. The smallest absolute Gasteiger partial charge is 0.191 e. The van der Waals surface area contributed by atoms with Gasteiger partial charge in [0, 0.05) is 26.1 Å². The van der Waals surface area contributed by atoms with E-state index in [1.54, 1.807) is 6.33 Å². The Morgan fingerprint density at radius 2 is 2.24 bits per heavy atom. The first kappa shape index (κ1) is 15.8. The van der Waals surface area contributed by atoms with Crippen LogP contribution in [0.25, 0.3) is 0 Å². The number of hydrogen-bond acceptors (Lipinski definition) is 4. The second-order valence-corrected chi connectivity index (χ2v) is 5.49. The summed E-state index contributed by atoms with van der Waals surface area (Å²) < 4.78 is 2.04. The Morgan fingerprint density at radius 3 is 2.86 bits per heavy atom. The number of aliphatic hydroxyl groups is 1. The Bertz CT molecular complexity index is 466. The molecular formula is C14H26N6O. The first-order valence-electron chi connectivity index (χ1n) is 7.78. The maximum atomic E-state index is 10.1. The largest absolute Gasteiger partial charge is 0.388 e. The fourth-order valence-electron chi connectivity index (χ4n) is 2.35. The van der Waals surface area contributed by atoms with Crippen LogP contribution >= 0.6 is 0 Å². The van der Waals surface area contributed by atoms with E-state index in [0.717, 1.165) is 57.1 Å². The number of hydrogen-bond donors (Lipinski definition) is 3. The number of nitrogens with one attached hydrogen (secondary N) is 2. The standard InChI is InChI=1S/C14H26N6O/c1-3-12-19-18-11-20(12)9-8-16-13(15-4-2)17-10-14(21)6-5-7-14/h11,21H,3-10H2,1-2H3,(H2,15,16,17). The molecule has 0 saturated heterocycles. The van der Waals surface area contributed by atoms with Crippen molar-refractivity contribution in [2.45, 2.75) is 51.7 Å². The van der Waals surface area contributed by atoms with Crippen LogP contribution in [0.5, 0.6) is 0 Å². The molecule has 21 heavy (non-hydrogen) atoms. The van der Waals surface area contributed by atoms with Crippen molar-refractivity contribution in [3.05, 3.63) is 12.2 Å². The van der Waals surface area contributed by atoms with Gasteiger partial charge in [0.25, 0.3) is 0 Å². The molecule has 118 valence electrons. The zero-order valence-corrected chi connectivity index (χ0v) is 13.0. The quantitative estimate of drug-likeness (QED) is 0.498. The van der Waals surface area contributed by atoms with Crippen molar-refractivity contribution in [3.63, 3.8) is 0 Å². The van der Waals surface area contributed by atoms with Crippen molar-refractivity contribution in [1.29, 1.82) is 0 Å². The fourth-order valence-corrected chi connectivity index (χ4v) is 2.35. The summed E-state index contributed by atoms with van der Waals surface area (Å²) in [5.74, 6) is 1.74. The first-order valence-corrected chi connectivity index (χ1v) is 7.78. The van der Waals surface area contributed by atoms with Gasteiger partial charge < -0.3 is 20.3 Å². The maximum absolute atomic E-state index is 10.1. The van der Waals surface area contributed by atoms with Gasteiger partial charge >= 0.3 is 0 Å². The number of rotatable bonds is 7. The molecule has 1 fully saturated rings. The highest BCUT2D eigenvalue weighted by Gasteiger charge is 2.34. The highest BCUT2D eigenvalue weighted by atomic mass is 16.3. The Kier molecular flexibility index (Phi) is 5.55. The molecule has 3 N–H and O–H groups in total. The van der Waals surface area contributed by atoms with Gasteiger partial charge in [-0.2, -0.15) is 0 Å². The molecule has 1 heterocycles. The lowest BCUT2D eigenvalue weighted by molar-refractivity contribution is -0.0236. The van der Waals surface area contributed by atoms with E-state index in [2.05, 4.69) is 32.7 Å². The summed E-state index contributed by atoms with van der Waals surface area (Å²) in [6.45, 7) is 6.91. The molecule has 0 unspecified atom stereocenters. The lowest BCUT2D eigenvalue weighted by atomic mass is 9.80. The third kappa shape index (κ3) is 4.42.